The highest BCUT2D eigenvalue weighted by Crippen LogP contribution is 2.34. The molecule has 142 valence electrons. The summed E-state index contributed by atoms with van der Waals surface area (Å²) in [7, 11) is -3.44. The number of anilines is 1. The Kier molecular flexibility index (Phi) is 7.01. The molecule has 1 aromatic carbocycles. The molecule has 0 aromatic heterocycles. The zero-order valence-electron chi connectivity index (χ0n) is 14.4. The molecule has 2 N–H and O–H groups in total. The van der Waals surface area contributed by atoms with E-state index in [4.69, 9.17) is 0 Å². The number of halogens is 3. The third kappa shape index (κ3) is 6.66. The Bertz CT molecular complexity index is 695. The van der Waals surface area contributed by atoms with E-state index in [2.05, 4.69) is 10.0 Å². The van der Waals surface area contributed by atoms with Gasteiger partial charge in [0.05, 0.1) is 16.0 Å². The number of hydrogen-bond donors (Lipinski definition) is 2. The molecule has 0 heterocycles. The van der Waals surface area contributed by atoms with Gasteiger partial charge in [-0.2, -0.15) is 13.2 Å². The lowest BCUT2D eigenvalue weighted by molar-refractivity contribution is -0.137. The lowest BCUT2D eigenvalue weighted by atomic mass is 10.1. The molecule has 0 aliphatic carbocycles. The van der Waals surface area contributed by atoms with Crippen LogP contribution < -0.4 is 10.0 Å². The number of para-hydroxylation sites is 1. The number of benzene rings is 1. The van der Waals surface area contributed by atoms with Gasteiger partial charge in [-0.15, -0.1) is 0 Å². The van der Waals surface area contributed by atoms with Crippen LogP contribution in [-0.2, 0) is 21.0 Å². The number of alkyl halides is 3. The second-order valence-corrected chi connectivity index (χ2v) is 9.08. The third-order valence-electron chi connectivity index (χ3n) is 3.44. The Hall–Kier alpha value is -1.61. The van der Waals surface area contributed by atoms with Crippen molar-refractivity contribution < 1.29 is 26.4 Å². The van der Waals surface area contributed by atoms with Crippen molar-refractivity contribution in [2.75, 3.05) is 11.9 Å². The summed E-state index contributed by atoms with van der Waals surface area (Å²) in [5.41, 5.74) is -1.19. The highest BCUT2D eigenvalue weighted by molar-refractivity contribution is 7.90. The van der Waals surface area contributed by atoms with E-state index in [1.165, 1.54) is 18.2 Å². The minimum absolute atomic E-state index is 0.00341. The fourth-order valence-corrected chi connectivity index (χ4v) is 2.73. The van der Waals surface area contributed by atoms with Crippen LogP contribution in [0.5, 0.6) is 0 Å². The van der Waals surface area contributed by atoms with Gasteiger partial charge in [0.15, 0.2) is 0 Å². The SMILES string of the molecule is CC(C)(C)S(=O)(=O)NCCCCC(=O)Nc1ccccc1C(F)(F)F. The number of carbonyl (C=O) groups excluding carboxylic acids is 1. The molecule has 0 saturated carbocycles. The molecule has 1 rings (SSSR count). The van der Waals surface area contributed by atoms with Crippen LogP contribution in [-0.4, -0.2) is 25.6 Å². The first kappa shape index (κ1) is 21.4. The van der Waals surface area contributed by atoms with Crippen molar-refractivity contribution in [1.82, 2.24) is 4.72 Å². The number of nitrogens with one attached hydrogen (secondary N) is 2. The van der Waals surface area contributed by atoms with Gasteiger partial charge in [-0.25, -0.2) is 13.1 Å². The Morgan fingerprint density at radius 2 is 1.68 bits per heavy atom. The van der Waals surface area contributed by atoms with Crippen LogP contribution in [0, 0.1) is 0 Å². The summed E-state index contributed by atoms with van der Waals surface area (Å²) in [5.74, 6) is -0.546. The summed E-state index contributed by atoms with van der Waals surface area (Å²) in [6.07, 6.45) is -3.78. The fraction of sp³-hybridized carbons (Fsp3) is 0.562. The quantitative estimate of drug-likeness (QED) is 0.711. The Balaban J connectivity index is 2.45. The Morgan fingerprint density at radius 1 is 1.08 bits per heavy atom. The molecule has 1 aromatic rings. The number of rotatable bonds is 7. The highest BCUT2D eigenvalue weighted by atomic mass is 32.2. The average molecular weight is 380 g/mol. The van der Waals surface area contributed by atoms with Crippen molar-refractivity contribution in [3.63, 3.8) is 0 Å². The molecular weight excluding hydrogens is 357 g/mol. The first-order valence-electron chi connectivity index (χ1n) is 7.80. The first-order chi connectivity index (χ1) is 11.3. The molecule has 0 saturated heterocycles. The van der Waals surface area contributed by atoms with Crippen LogP contribution in [0.15, 0.2) is 24.3 Å². The number of sulfonamides is 1. The van der Waals surface area contributed by atoms with Crippen LogP contribution >= 0.6 is 0 Å². The van der Waals surface area contributed by atoms with E-state index in [0.29, 0.717) is 12.8 Å². The summed E-state index contributed by atoms with van der Waals surface area (Å²) >= 11 is 0. The standard InChI is InChI=1S/C16H23F3N2O3S/c1-15(2,3)25(23,24)20-11-7-6-10-14(22)21-13-9-5-4-8-12(13)16(17,18)19/h4-5,8-9,20H,6-7,10-11H2,1-3H3,(H,21,22). The van der Waals surface area contributed by atoms with Crippen LogP contribution in [0.25, 0.3) is 0 Å². The van der Waals surface area contributed by atoms with Gasteiger partial charge in [0.25, 0.3) is 0 Å². The summed E-state index contributed by atoms with van der Waals surface area (Å²) in [4.78, 5) is 11.8. The number of unbranched alkanes of at least 4 members (excludes halogenated alkanes) is 1. The van der Waals surface area contributed by atoms with E-state index in [0.717, 1.165) is 6.07 Å². The predicted octanol–water partition coefficient (Wildman–Crippen LogP) is 3.53. The van der Waals surface area contributed by atoms with Crippen molar-refractivity contribution >= 4 is 21.6 Å². The van der Waals surface area contributed by atoms with Crippen molar-refractivity contribution in [3.05, 3.63) is 29.8 Å². The van der Waals surface area contributed by atoms with Gasteiger partial charge in [0, 0.05) is 13.0 Å². The van der Waals surface area contributed by atoms with Gasteiger partial charge in [0.1, 0.15) is 0 Å². The largest absolute Gasteiger partial charge is 0.418 e. The van der Waals surface area contributed by atoms with E-state index in [1.54, 1.807) is 20.8 Å². The number of carbonyl (C=O) groups is 1. The fourth-order valence-electron chi connectivity index (χ4n) is 1.89. The summed E-state index contributed by atoms with van der Waals surface area (Å²) < 4.78 is 63.7. The van der Waals surface area contributed by atoms with Gasteiger partial charge in [-0.1, -0.05) is 12.1 Å². The lowest BCUT2D eigenvalue weighted by Crippen LogP contribution is -2.39. The second kappa shape index (κ2) is 8.18. The van der Waals surface area contributed by atoms with Crippen LogP contribution in [0.4, 0.5) is 18.9 Å². The van der Waals surface area contributed by atoms with E-state index in [9.17, 15) is 26.4 Å². The zero-order chi connectivity index (χ0) is 19.3. The molecule has 0 fully saturated rings. The smallest absolute Gasteiger partial charge is 0.326 e. The van der Waals surface area contributed by atoms with Gasteiger partial charge in [-0.3, -0.25) is 4.79 Å². The molecule has 1 amide bonds. The highest BCUT2D eigenvalue weighted by Gasteiger charge is 2.33. The van der Waals surface area contributed by atoms with Crippen molar-refractivity contribution in [2.24, 2.45) is 0 Å². The molecule has 25 heavy (non-hydrogen) atoms. The van der Waals surface area contributed by atoms with Gasteiger partial charge < -0.3 is 5.32 Å². The maximum Gasteiger partial charge on any atom is 0.418 e. The maximum atomic E-state index is 12.8. The second-order valence-electron chi connectivity index (χ2n) is 6.56. The van der Waals surface area contributed by atoms with Gasteiger partial charge >= 0.3 is 6.18 Å². The van der Waals surface area contributed by atoms with Crippen molar-refractivity contribution in [2.45, 2.75) is 51.0 Å². The molecule has 0 radical (unpaired) electrons. The number of hydrogen-bond acceptors (Lipinski definition) is 3. The summed E-state index contributed by atoms with van der Waals surface area (Å²) in [6, 6.07) is 4.75. The summed E-state index contributed by atoms with van der Waals surface area (Å²) in [5, 5.41) is 2.25. The minimum Gasteiger partial charge on any atom is -0.326 e. The van der Waals surface area contributed by atoms with Crippen LogP contribution in [0.1, 0.15) is 45.6 Å². The zero-order valence-corrected chi connectivity index (χ0v) is 15.2. The predicted molar refractivity (Wildman–Crippen MR) is 90.6 cm³/mol. The van der Waals surface area contributed by atoms with Gasteiger partial charge in [-0.05, 0) is 45.7 Å². The molecule has 9 heteroatoms. The lowest BCUT2D eigenvalue weighted by Gasteiger charge is -2.19. The van der Waals surface area contributed by atoms with Crippen molar-refractivity contribution in [1.29, 1.82) is 0 Å². The Morgan fingerprint density at radius 3 is 2.24 bits per heavy atom. The molecule has 0 atom stereocenters. The molecule has 0 bridgehead atoms. The van der Waals surface area contributed by atoms with E-state index in [1.807, 2.05) is 0 Å². The molecule has 0 spiro atoms. The van der Waals surface area contributed by atoms with Crippen LogP contribution in [0.3, 0.4) is 0 Å². The molecular formula is C16H23F3N2O3S. The van der Waals surface area contributed by atoms with E-state index >= 15 is 0 Å². The first-order valence-corrected chi connectivity index (χ1v) is 9.28. The Labute approximate surface area is 146 Å². The molecule has 0 aliphatic rings. The monoisotopic (exact) mass is 380 g/mol. The number of amides is 1. The van der Waals surface area contributed by atoms with Crippen molar-refractivity contribution in [3.8, 4) is 0 Å². The van der Waals surface area contributed by atoms with Crippen LogP contribution in [0.2, 0.25) is 0 Å². The molecule has 0 unspecified atom stereocenters. The van der Waals surface area contributed by atoms with E-state index < -0.39 is 32.4 Å². The topological polar surface area (TPSA) is 75.3 Å². The molecule has 0 aliphatic heterocycles. The summed E-state index contributed by atoms with van der Waals surface area (Å²) in [6.45, 7) is 4.88. The molecule has 5 nitrogen and oxygen atoms in total. The third-order valence-corrected chi connectivity index (χ3v) is 5.63. The average Bonchev–Trinajstić information content (AvgIpc) is 2.45. The normalized spacial score (nSPS) is 12.9. The van der Waals surface area contributed by atoms with Gasteiger partial charge in [0.2, 0.25) is 15.9 Å². The maximum absolute atomic E-state index is 12.8. The minimum atomic E-state index is -4.55. The van der Waals surface area contributed by atoms with E-state index in [-0.39, 0.29) is 18.7 Å².